The summed E-state index contributed by atoms with van der Waals surface area (Å²) in [6.45, 7) is 4.15. The van der Waals surface area contributed by atoms with Gasteiger partial charge in [0.05, 0.1) is 0 Å². The lowest BCUT2D eigenvalue weighted by Crippen LogP contribution is -2.01. The largest absolute Gasteiger partial charge is 0.340 e. The van der Waals surface area contributed by atoms with Crippen molar-refractivity contribution in [2.45, 2.75) is 26.7 Å². The first kappa shape index (κ1) is 12.8. The molecule has 0 aliphatic heterocycles. The summed E-state index contributed by atoms with van der Waals surface area (Å²) in [6, 6.07) is 9.82. The number of hydrogen-bond acceptors (Lipinski definition) is 3. The molecule has 0 bridgehead atoms. The van der Waals surface area contributed by atoms with Gasteiger partial charge < -0.3 is 5.32 Å². The van der Waals surface area contributed by atoms with Gasteiger partial charge in [-0.25, -0.2) is 9.97 Å². The Labute approximate surface area is 112 Å². The van der Waals surface area contributed by atoms with E-state index in [9.17, 15) is 0 Å². The SMILES string of the molecule is CCCc1nc(Cl)cc(Nc2ccccc2C)n1. The molecule has 0 amide bonds. The summed E-state index contributed by atoms with van der Waals surface area (Å²) >= 11 is 6.00. The molecule has 1 heterocycles. The van der Waals surface area contributed by atoms with Gasteiger partial charge in [0.1, 0.15) is 16.8 Å². The minimum absolute atomic E-state index is 0.476. The molecule has 0 atom stereocenters. The van der Waals surface area contributed by atoms with Crippen LogP contribution in [-0.2, 0) is 6.42 Å². The summed E-state index contributed by atoms with van der Waals surface area (Å²) in [5, 5.41) is 3.75. The molecule has 0 fully saturated rings. The van der Waals surface area contributed by atoms with Crippen LogP contribution in [0.2, 0.25) is 5.15 Å². The van der Waals surface area contributed by atoms with Crippen LogP contribution in [0.4, 0.5) is 11.5 Å². The predicted octanol–water partition coefficient (Wildman–Crippen LogP) is 4.13. The molecule has 1 aromatic heterocycles. The van der Waals surface area contributed by atoms with Crippen molar-refractivity contribution in [2.75, 3.05) is 5.32 Å². The van der Waals surface area contributed by atoms with Crippen LogP contribution in [0.5, 0.6) is 0 Å². The highest BCUT2D eigenvalue weighted by molar-refractivity contribution is 6.29. The van der Waals surface area contributed by atoms with Crippen molar-refractivity contribution in [3.8, 4) is 0 Å². The van der Waals surface area contributed by atoms with Crippen molar-refractivity contribution >= 4 is 23.1 Å². The van der Waals surface area contributed by atoms with E-state index in [0.29, 0.717) is 5.15 Å². The quantitative estimate of drug-likeness (QED) is 0.841. The Morgan fingerprint density at radius 2 is 2.00 bits per heavy atom. The van der Waals surface area contributed by atoms with Crippen molar-refractivity contribution < 1.29 is 0 Å². The second kappa shape index (κ2) is 5.83. The maximum absolute atomic E-state index is 6.00. The number of nitrogens with zero attached hydrogens (tertiary/aromatic N) is 2. The van der Waals surface area contributed by atoms with E-state index >= 15 is 0 Å². The van der Waals surface area contributed by atoms with Crippen LogP contribution in [0.3, 0.4) is 0 Å². The van der Waals surface area contributed by atoms with Crippen LogP contribution in [0.15, 0.2) is 30.3 Å². The Bertz CT molecular complexity index is 540. The number of benzene rings is 1. The molecule has 0 unspecified atom stereocenters. The summed E-state index contributed by atoms with van der Waals surface area (Å²) in [4.78, 5) is 8.65. The van der Waals surface area contributed by atoms with Crippen LogP contribution in [0.1, 0.15) is 24.7 Å². The fraction of sp³-hybridized carbons (Fsp3) is 0.286. The minimum atomic E-state index is 0.476. The molecule has 18 heavy (non-hydrogen) atoms. The number of rotatable bonds is 4. The maximum Gasteiger partial charge on any atom is 0.135 e. The number of anilines is 2. The predicted molar refractivity (Wildman–Crippen MR) is 75.5 cm³/mol. The van der Waals surface area contributed by atoms with E-state index in [0.717, 1.165) is 30.2 Å². The Kier molecular flexibility index (Phi) is 4.15. The highest BCUT2D eigenvalue weighted by Crippen LogP contribution is 2.20. The average molecular weight is 262 g/mol. The molecule has 1 aromatic carbocycles. The molecule has 0 saturated heterocycles. The summed E-state index contributed by atoms with van der Waals surface area (Å²) in [6.07, 6.45) is 1.84. The molecule has 3 nitrogen and oxygen atoms in total. The molecule has 0 spiro atoms. The second-order valence-corrected chi connectivity index (χ2v) is 4.57. The topological polar surface area (TPSA) is 37.8 Å². The molecule has 2 rings (SSSR count). The molecular weight excluding hydrogens is 246 g/mol. The van der Waals surface area contributed by atoms with Crippen molar-refractivity contribution in [3.05, 3.63) is 46.9 Å². The van der Waals surface area contributed by atoms with Gasteiger partial charge in [0, 0.05) is 18.2 Å². The molecule has 0 saturated carbocycles. The van der Waals surface area contributed by atoms with Crippen LogP contribution < -0.4 is 5.32 Å². The van der Waals surface area contributed by atoms with Crippen LogP contribution >= 0.6 is 11.6 Å². The van der Waals surface area contributed by atoms with Crippen LogP contribution in [0, 0.1) is 6.92 Å². The Balaban J connectivity index is 2.26. The van der Waals surface area contributed by atoms with Gasteiger partial charge in [-0.1, -0.05) is 36.7 Å². The minimum Gasteiger partial charge on any atom is -0.340 e. The van der Waals surface area contributed by atoms with E-state index in [1.165, 1.54) is 5.56 Å². The Morgan fingerprint density at radius 1 is 1.22 bits per heavy atom. The number of aromatic nitrogens is 2. The molecule has 2 aromatic rings. The first-order valence-electron chi connectivity index (χ1n) is 6.05. The zero-order valence-electron chi connectivity index (χ0n) is 10.6. The number of aryl methyl sites for hydroxylation is 2. The first-order valence-corrected chi connectivity index (χ1v) is 6.43. The van der Waals surface area contributed by atoms with Crippen molar-refractivity contribution in [1.29, 1.82) is 0 Å². The summed E-state index contributed by atoms with van der Waals surface area (Å²) in [5.41, 5.74) is 2.21. The average Bonchev–Trinajstić information content (AvgIpc) is 2.32. The molecule has 0 aliphatic rings. The zero-order valence-corrected chi connectivity index (χ0v) is 11.3. The molecule has 1 N–H and O–H groups in total. The lowest BCUT2D eigenvalue weighted by atomic mass is 10.2. The van der Waals surface area contributed by atoms with Gasteiger partial charge in [0.25, 0.3) is 0 Å². The lowest BCUT2D eigenvalue weighted by molar-refractivity contribution is 0.837. The highest BCUT2D eigenvalue weighted by atomic mass is 35.5. The number of hydrogen-bond donors (Lipinski definition) is 1. The highest BCUT2D eigenvalue weighted by Gasteiger charge is 2.04. The Morgan fingerprint density at radius 3 is 2.72 bits per heavy atom. The van der Waals surface area contributed by atoms with Gasteiger partial charge in [-0.05, 0) is 25.0 Å². The van der Waals surface area contributed by atoms with Gasteiger partial charge in [-0.15, -0.1) is 0 Å². The smallest absolute Gasteiger partial charge is 0.135 e. The molecule has 4 heteroatoms. The van der Waals surface area contributed by atoms with Crippen LogP contribution in [0.25, 0.3) is 0 Å². The van der Waals surface area contributed by atoms with E-state index < -0.39 is 0 Å². The maximum atomic E-state index is 6.00. The molecular formula is C14H16ClN3. The van der Waals surface area contributed by atoms with Gasteiger partial charge in [0.15, 0.2) is 0 Å². The third kappa shape index (κ3) is 3.20. The Hall–Kier alpha value is -1.61. The van der Waals surface area contributed by atoms with E-state index in [1.54, 1.807) is 6.07 Å². The summed E-state index contributed by atoms with van der Waals surface area (Å²) in [7, 11) is 0. The third-order valence-electron chi connectivity index (χ3n) is 2.62. The third-order valence-corrected chi connectivity index (χ3v) is 2.82. The van der Waals surface area contributed by atoms with E-state index in [2.05, 4.69) is 35.2 Å². The van der Waals surface area contributed by atoms with E-state index in [-0.39, 0.29) is 0 Å². The van der Waals surface area contributed by atoms with Gasteiger partial charge >= 0.3 is 0 Å². The summed E-state index contributed by atoms with van der Waals surface area (Å²) < 4.78 is 0. The number of nitrogens with one attached hydrogen (secondary N) is 1. The zero-order chi connectivity index (χ0) is 13.0. The summed E-state index contributed by atoms with van der Waals surface area (Å²) in [5.74, 6) is 1.52. The normalized spacial score (nSPS) is 10.4. The van der Waals surface area contributed by atoms with Gasteiger partial charge in [-0.3, -0.25) is 0 Å². The lowest BCUT2D eigenvalue weighted by Gasteiger charge is -2.09. The van der Waals surface area contributed by atoms with E-state index in [1.807, 2.05) is 18.2 Å². The molecule has 94 valence electrons. The standard InChI is InChI=1S/C14H16ClN3/c1-3-6-13-17-12(15)9-14(18-13)16-11-8-5-4-7-10(11)2/h4-5,7-9H,3,6H2,1-2H3,(H,16,17,18). The van der Waals surface area contributed by atoms with Crippen molar-refractivity contribution in [3.63, 3.8) is 0 Å². The van der Waals surface area contributed by atoms with Crippen molar-refractivity contribution in [2.24, 2.45) is 0 Å². The van der Waals surface area contributed by atoms with Crippen LogP contribution in [-0.4, -0.2) is 9.97 Å². The molecule has 0 radical (unpaired) electrons. The fourth-order valence-electron chi connectivity index (χ4n) is 1.72. The van der Waals surface area contributed by atoms with Gasteiger partial charge in [0.2, 0.25) is 0 Å². The first-order chi connectivity index (χ1) is 8.69. The monoisotopic (exact) mass is 261 g/mol. The number of para-hydroxylation sites is 1. The van der Waals surface area contributed by atoms with E-state index in [4.69, 9.17) is 11.6 Å². The second-order valence-electron chi connectivity index (χ2n) is 4.18. The van der Waals surface area contributed by atoms with Gasteiger partial charge in [-0.2, -0.15) is 0 Å². The molecule has 0 aliphatic carbocycles. The van der Waals surface area contributed by atoms with Crippen molar-refractivity contribution in [1.82, 2.24) is 9.97 Å². The fourth-order valence-corrected chi connectivity index (χ4v) is 1.92. The number of halogens is 1.